The largest absolute Gasteiger partial charge is 0.494 e. The minimum Gasteiger partial charge on any atom is -0.494 e. The number of aromatic nitrogens is 1. The number of aryl methyl sites for hydroxylation is 1. The lowest BCUT2D eigenvalue weighted by Gasteiger charge is -2.33. The summed E-state index contributed by atoms with van der Waals surface area (Å²) in [5.41, 5.74) is 2.01. The van der Waals surface area contributed by atoms with Gasteiger partial charge in [-0.05, 0) is 31.5 Å². The van der Waals surface area contributed by atoms with Gasteiger partial charge in [-0.1, -0.05) is 17.3 Å². The van der Waals surface area contributed by atoms with Gasteiger partial charge in [0.2, 0.25) is 5.91 Å². The van der Waals surface area contributed by atoms with E-state index in [1.807, 2.05) is 44.2 Å². The summed E-state index contributed by atoms with van der Waals surface area (Å²) < 4.78 is 10.6. The molecule has 0 aliphatic carbocycles. The van der Waals surface area contributed by atoms with E-state index in [9.17, 15) is 4.79 Å². The molecule has 3 rings (SSSR count). The van der Waals surface area contributed by atoms with Crippen molar-refractivity contribution in [3.8, 4) is 5.75 Å². The molecule has 2 heterocycles. The first-order chi connectivity index (χ1) is 13.1. The quantitative estimate of drug-likeness (QED) is 0.762. The first-order valence-electron chi connectivity index (χ1n) is 9.47. The second-order valence-electron chi connectivity index (χ2n) is 6.84. The molecule has 1 aromatic heterocycles. The molecule has 1 N–H and O–H groups in total. The van der Waals surface area contributed by atoms with Gasteiger partial charge in [-0.15, -0.1) is 0 Å². The van der Waals surface area contributed by atoms with Crippen molar-refractivity contribution < 1.29 is 14.1 Å². The maximum absolute atomic E-state index is 12.3. The Labute approximate surface area is 160 Å². The molecule has 0 radical (unpaired) electrons. The van der Waals surface area contributed by atoms with Crippen molar-refractivity contribution in [1.82, 2.24) is 20.3 Å². The van der Waals surface area contributed by atoms with E-state index in [1.165, 1.54) is 0 Å². The SMILES string of the molecule is CCOc1cccc(CNC(=O)CN2CCN(Cc3cc(C)on3)CC2)c1. The molecule has 1 aliphatic heterocycles. The van der Waals surface area contributed by atoms with E-state index in [4.69, 9.17) is 9.26 Å². The topological polar surface area (TPSA) is 70.8 Å². The number of nitrogens with one attached hydrogen (secondary N) is 1. The number of carbonyl (C=O) groups excluding carboxylic acids is 1. The third kappa shape index (κ3) is 6.08. The standard InChI is InChI=1S/C20H28N4O3/c1-3-26-19-6-4-5-17(12-19)13-21-20(25)15-24-9-7-23(8-10-24)14-18-11-16(2)27-22-18/h4-6,11-12H,3,7-10,13-15H2,1-2H3,(H,21,25). The zero-order valence-corrected chi connectivity index (χ0v) is 16.1. The Hall–Kier alpha value is -2.38. The van der Waals surface area contributed by atoms with E-state index in [-0.39, 0.29) is 5.91 Å². The van der Waals surface area contributed by atoms with Gasteiger partial charge >= 0.3 is 0 Å². The zero-order valence-electron chi connectivity index (χ0n) is 16.1. The zero-order chi connectivity index (χ0) is 19.1. The molecule has 146 valence electrons. The average Bonchev–Trinajstić information content (AvgIpc) is 3.07. The minimum absolute atomic E-state index is 0.0531. The van der Waals surface area contributed by atoms with E-state index in [1.54, 1.807) is 0 Å². The third-order valence-electron chi connectivity index (χ3n) is 4.59. The van der Waals surface area contributed by atoms with E-state index >= 15 is 0 Å². The van der Waals surface area contributed by atoms with Crippen molar-refractivity contribution in [1.29, 1.82) is 0 Å². The molecule has 1 aromatic carbocycles. The summed E-state index contributed by atoms with van der Waals surface area (Å²) in [5.74, 6) is 1.73. The highest BCUT2D eigenvalue weighted by atomic mass is 16.5. The Morgan fingerprint density at radius 3 is 2.70 bits per heavy atom. The smallest absolute Gasteiger partial charge is 0.234 e. The monoisotopic (exact) mass is 372 g/mol. The van der Waals surface area contributed by atoms with Crippen LogP contribution in [0.3, 0.4) is 0 Å². The van der Waals surface area contributed by atoms with Crippen molar-refractivity contribution in [2.75, 3.05) is 39.3 Å². The molecule has 0 unspecified atom stereocenters. The van der Waals surface area contributed by atoms with E-state index in [0.717, 1.165) is 55.5 Å². The van der Waals surface area contributed by atoms with Crippen LogP contribution in [0.1, 0.15) is 23.9 Å². The Kier molecular flexibility index (Phi) is 6.84. The first kappa shape index (κ1) is 19.4. The Bertz CT molecular complexity index is 738. The number of nitrogens with zero attached hydrogens (tertiary/aromatic N) is 3. The molecule has 2 aromatic rings. The van der Waals surface area contributed by atoms with Crippen LogP contribution >= 0.6 is 0 Å². The maximum atomic E-state index is 12.3. The van der Waals surface area contributed by atoms with E-state index < -0.39 is 0 Å². The number of carbonyl (C=O) groups is 1. The highest BCUT2D eigenvalue weighted by molar-refractivity contribution is 5.78. The van der Waals surface area contributed by atoms with E-state index in [2.05, 4.69) is 20.3 Å². The minimum atomic E-state index is 0.0531. The summed E-state index contributed by atoms with van der Waals surface area (Å²) in [4.78, 5) is 16.8. The second kappa shape index (κ2) is 9.53. The van der Waals surface area contributed by atoms with Gasteiger partial charge in [0.25, 0.3) is 0 Å². The fourth-order valence-corrected chi connectivity index (χ4v) is 3.20. The predicted octanol–water partition coefficient (Wildman–Crippen LogP) is 1.82. The molecule has 0 atom stereocenters. The molecule has 1 fully saturated rings. The predicted molar refractivity (Wildman–Crippen MR) is 102 cm³/mol. The van der Waals surface area contributed by atoms with Crippen LogP contribution in [0, 0.1) is 6.92 Å². The second-order valence-corrected chi connectivity index (χ2v) is 6.84. The Balaban J connectivity index is 1.37. The van der Waals surface area contributed by atoms with Gasteiger partial charge in [0.15, 0.2) is 0 Å². The number of hydrogen-bond acceptors (Lipinski definition) is 6. The van der Waals surface area contributed by atoms with Crippen molar-refractivity contribution in [2.45, 2.75) is 26.9 Å². The summed E-state index contributed by atoms with van der Waals surface area (Å²) in [7, 11) is 0. The molecule has 1 aliphatic rings. The van der Waals surface area contributed by atoms with Crippen LogP contribution in [0.5, 0.6) is 5.75 Å². The third-order valence-corrected chi connectivity index (χ3v) is 4.59. The van der Waals surface area contributed by atoms with Gasteiger partial charge in [0, 0.05) is 45.3 Å². The van der Waals surface area contributed by atoms with Gasteiger partial charge in [0.1, 0.15) is 11.5 Å². The molecular weight excluding hydrogens is 344 g/mol. The van der Waals surface area contributed by atoms with Gasteiger partial charge < -0.3 is 14.6 Å². The molecule has 0 spiro atoms. The van der Waals surface area contributed by atoms with Crippen LogP contribution in [0.25, 0.3) is 0 Å². The number of ether oxygens (including phenoxy) is 1. The molecule has 7 heteroatoms. The normalized spacial score (nSPS) is 15.6. The maximum Gasteiger partial charge on any atom is 0.234 e. The van der Waals surface area contributed by atoms with Crippen LogP contribution in [-0.2, 0) is 17.9 Å². The van der Waals surface area contributed by atoms with Crippen LogP contribution in [0.2, 0.25) is 0 Å². The molecule has 1 amide bonds. The molecule has 0 bridgehead atoms. The highest BCUT2D eigenvalue weighted by Gasteiger charge is 2.19. The number of hydrogen-bond donors (Lipinski definition) is 1. The van der Waals surface area contributed by atoms with Crippen molar-refractivity contribution in [3.63, 3.8) is 0 Å². The van der Waals surface area contributed by atoms with Crippen LogP contribution in [-0.4, -0.2) is 60.2 Å². The van der Waals surface area contributed by atoms with E-state index in [0.29, 0.717) is 19.7 Å². The lowest BCUT2D eigenvalue weighted by Crippen LogP contribution is -2.49. The first-order valence-corrected chi connectivity index (χ1v) is 9.47. The summed E-state index contributed by atoms with van der Waals surface area (Å²) in [6.45, 7) is 9.86. The Morgan fingerprint density at radius 1 is 1.22 bits per heavy atom. The van der Waals surface area contributed by atoms with Crippen LogP contribution in [0.4, 0.5) is 0 Å². The van der Waals surface area contributed by atoms with Crippen molar-refractivity contribution in [2.24, 2.45) is 0 Å². The molecular formula is C20H28N4O3. The van der Waals surface area contributed by atoms with Gasteiger partial charge in [-0.25, -0.2) is 0 Å². The number of benzene rings is 1. The van der Waals surface area contributed by atoms with Gasteiger partial charge in [0.05, 0.1) is 18.8 Å². The molecule has 0 saturated carbocycles. The molecule has 1 saturated heterocycles. The van der Waals surface area contributed by atoms with Gasteiger partial charge in [-0.3, -0.25) is 14.6 Å². The van der Waals surface area contributed by atoms with Crippen LogP contribution in [0.15, 0.2) is 34.9 Å². The highest BCUT2D eigenvalue weighted by Crippen LogP contribution is 2.13. The molecule has 27 heavy (non-hydrogen) atoms. The molecule has 7 nitrogen and oxygen atoms in total. The van der Waals surface area contributed by atoms with Crippen LogP contribution < -0.4 is 10.1 Å². The number of rotatable bonds is 8. The average molecular weight is 372 g/mol. The van der Waals surface area contributed by atoms with Gasteiger partial charge in [-0.2, -0.15) is 0 Å². The Morgan fingerprint density at radius 2 is 2.00 bits per heavy atom. The lowest BCUT2D eigenvalue weighted by molar-refractivity contribution is -0.122. The number of piperazine rings is 1. The fraction of sp³-hybridized carbons (Fsp3) is 0.500. The lowest BCUT2D eigenvalue weighted by atomic mass is 10.2. The summed E-state index contributed by atoms with van der Waals surface area (Å²) in [6.07, 6.45) is 0. The van der Waals surface area contributed by atoms with Crippen molar-refractivity contribution in [3.05, 3.63) is 47.3 Å². The summed E-state index contributed by atoms with van der Waals surface area (Å²) in [6, 6.07) is 9.80. The number of amides is 1. The van der Waals surface area contributed by atoms with Crippen molar-refractivity contribution >= 4 is 5.91 Å². The summed E-state index contributed by atoms with van der Waals surface area (Å²) >= 11 is 0. The summed E-state index contributed by atoms with van der Waals surface area (Å²) in [5, 5.41) is 7.04. The fourth-order valence-electron chi connectivity index (χ4n) is 3.20.